The van der Waals surface area contributed by atoms with Gasteiger partial charge in [-0.05, 0) is 55.3 Å². The number of benzene rings is 2. The van der Waals surface area contributed by atoms with E-state index < -0.39 is 0 Å². The van der Waals surface area contributed by atoms with Gasteiger partial charge in [0.15, 0.2) is 0 Å². The molecule has 0 aliphatic heterocycles. The largest absolute Gasteiger partial charge is 0.494 e. The third-order valence-corrected chi connectivity index (χ3v) is 7.87. The molecule has 0 radical (unpaired) electrons. The van der Waals surface area contributed by atoms with E-state index in [1.165, 1.54) is 101 Å². The molecule has 0 aliphatic rings. The zero-order valence-electron chi connectivity index (χ0n) is 24.3. The first-order valence-electron chi connectivity index (χ1n) is 15.5. The minimum Gasteiger partial charge on any atom is -0.494 e. The summed E-state index contributed by atoms with van der Waals surface area (Å²) in [6, 6.07) is 13.9. The van der Waals surface area contributed by atoms with E-state index in [9.17, 15) is 0 Å². The summed E-state index contributed by atoms with van der Waals surface area (Å²) < 4.78 is 12.9. The lowest BCUT2D eigenvalue weighted by molar-refractivity contribution is 0.304. The number of unbranched alkanes of at least 4 members (excludes halogenated alkanes) is 14. The van der Waals surface area contributed by atoms with Crippen LogP contribution in [0.5, 0.6) is 11.5 Å². The highest BCUT2D eigenvalue weighted by atomic mass is 32.1. The lowest BCUT2D eigenvalue weighted by Gasteiger charge is -2.06. The summed E-state index contributed by atoms with van der Waals surface area (Å²) in [5.41, 5.74) is 1.72. The maximum Gasteiger partial charge on any atom is 0.231 e. The van der Waals surface area contributed by atoms with Gasteiger partial charge in [0.2, 0.25) is 5.13 Å². The number of ether oxygens (including phenoxy) is 2. The number of hydrogen-bond acceptors (Lipinski definition) is 6. The summed E-state index contributed by atoms with van der Waals surface area (Å²) in [7, 11) is 0. The fourth-order valence-electron chi connectivity index (χ4n) is 4.59. The molecule has 2 aromatic carbocycles. The summed E-state index contributed by atoms with van der Waals surface area (Å²) in [6.45, 7) is 6.07. The minimum absolute atomic E-state index is 0.653. The second-order valence-electron chi connectivity index (χ2n) is 10.5. The van der Waals surface area contributed by atoms with Gasteiger partial charge in [0.25, 0.3) is 0 Å². The van der Waals surface area contributed by atoms with Gasteiger partial charge >= 0.3 is 0 Å². The highest BCUT2D eigenvalue weighted by molar-refractivity contribution is 7.21. The average molecular weight is 552 g/mol. The van der Waals surface area contributed by atoms with Crippen LogP contribution in [0.2, 0.25) is 0 Å². The van der Waals surface area contributed by atoms with Crippen LogP contribution in [0.3, 0.4) is 0 Å². The average Bonchev–Trinajstić information content (AvgIpc) is 3.37. The third-order valence-electron chi connectivity index (χ3n) is 6.97. The van der Waals surface area contributed by atoms with Crippen LogP contribution in [-0.2, 0) is 0 Å². The zero-order chi connectivity index (χ0) is 27.4. The van der Waals surface area contributed by atoms with Crippen LogP contribution in [0, 0.1) is 0 Å². The molecule has 0 bridgehead atoms. The van der Waals surface area contributed by atoms with Crippen LogP contribution in [0.1, 0.15) is 117 Å². The van der Waals surface area contributed by atoms with Crippen molar-refractivity contribution in [3.8, 4) is 11.5 Å². The summed E-state index contributed by atoms with van der Waals surface area (Å²) in [5, 5.41) is 9.40. The number of aromatic nitrogens is 1. The molecule has 0 unspecified atom stereocenters. The van der Waals surface area contributed by atoms with E-state index in [0.717, 1.165) is 53.5 Å². The SMILES string of the molecule is CCCCCCCCCCOc1ccc(N=Nc2nc3ccc(OCCCCCCCCCC)cc3s2)cc1. The number of thiazole rings is 1. The van der Waals surface area contributed by atoms with Crippen molar-refractivity contribution in [3.63, 3.8) is 0 Å². The Morgan fingerprint density at radius 2 is 1.10 bits per heavy atom. The standard InChI is InChI=1S/C33H49N3O2S/c1-3-5-7-9-11-13-15-17-25-37-29-21-19-28(20-22-29)35-36-33-34-31-24-23-30(27-32(31)39-33)38-26-18-16-14-12-10-8-6-4-2/h19-24,27H,3-18,25-26H2,1-2H3. The van der Waals surface area contributed by atoms with Crippen molar-refractivity contribution >= 4 is 32.4 Å². The Bertz CT molecular complexity index is 1060. The number of azo groups is 1. The van der Waals surface area contributed by atoms with Crippen molar-refractivity contribution in [2.24, 2.45) is 10.2 Å². The molecule has 0 aliphatic carbocycles. The molecular formula is C33H49N3O2S. The quantitative estimate of drug-likeness (QED) is 0.0921. The smallest absolute Gasteiger partial charge is 0.231 e. The van der Waals surface area contributed by atoms with Gasteiger partial charge in [0, 0.05) is 0 Å². The van der Waals surface area contributed by atoms with Gasteiger partial charge in [0.05, 0.1) is 29.1 Å². The second-order valence-corrected chi connectivity index (χ2v) is 11.5. The van der Waals surface area contributed by atoms with Gasteiger partial charge in [-0.3, -0.25) is 0 Å². The molecule has 0 amide bonds. The number of hydrogen-bond donors (Lipinski definition) is 0. The molecule has 1 heterocycles. The molecule has 0 N–H and O–H groups in total. The van der Waals surface area contributed by atoms with Crippen molar-refractivity contribution in [2.75, 3.05) is 13.2 Å². The number of fused-ring (bicyclic) bond motifs is 1. The first-order chi connectivity index (χ1) is 19.3. The van der Waals surface area contributed by atoms with Crippen molar-refractivity contribution < 1.29 is 9.47 Å². The van der Waals surface area contributed by atoms with Crippen molar-refractivity contribution in [1.82, 2.24) is 4.98 Å². The minimum atomic E-state index is 0.653. The van der Waals surface area contributed by atoms with E-state index in [2.05, 4.69) is 35.1 Å². The third kappa shape index (κ3) is 13.0. The van der Waals surface area contributed by atoms with Crippen LogP contribution in [0.4, 0.5) is 10.8 Å². The summed E-state index contributed by atoms with van der Waals surface area (Å²) in [4.78, 5) is 4.60. The Balaban J connectivity index is 1.34. The molecule has 5 nitrogen and oxygen atoms in total. The molecule has 0 saturated carbocycles. The molecule has 6 heteroatoms. The van der Waals surface area contributed by atoms with Crippen LogP contribution in [0.25, 0.3) is 10.2 Å². The fourth-order valence-corrected chi connectivity index (χ4v) is 5.40. The normalized spacial score (nSPS) is 11.5. The zero-order valence-corrected chi connectivity index (χ0v) is 25.2. The highest BCUT2D eigenvalue weighted by Crippen LogP contribution is 2.32. The van der Waals surface area contributed by atoms with E-state index in [0.29, 0.717) is 5.13 Å². The van der Waals surface area contributed by atoms with Gasteiger partial charge in [-0.2, -0.15) is 0 Å². The number of rotatable bonds is 22. The molecule has 39 heavy (non-hydrogen) atoms. The predicted molar refractivity (Wildman–Crippen MR) is 166 cm³/mol. The molecule has 214 valence electrons. The van der Waals surface area contributed by atoms with Gasteiger partial charge < -0.3 is 9.47 Å². The monoisotopic (exact) mass is 551 g/mol. The second kappa shape index (κ2) is 19.6. The number of nitrogens with zero attached hydrogens (tertiary/aromatic N) is 3. The van der Waals surface area contributed by atoms with Crippen molar-refractivity contribution in [3.05, 3.63) is 42.5 Å². The molecule has 0 saturated heterocycles. The van der Waals surface area contributed by atoms with Crippen LogP contribution in [-0.4, -0.2) is 18.2 Å². The van der Waals surface area contributed by atoms with Gasteiger partial charge in [-0.15, -0.1) is 10.2 Å². The first-order valence-corrected chi connectivity index (χ1v) is 16.3. The Kier molecular flexibility index (Phi) is 15.6. The van der Waals surface area contributed by atoms with Gasteiger partial charge in [0.1, 0.15) is 11.5 Å². The Labute approximate surface area is 240 Å². The van der Waals surface area contributed by atoms with E-state index in [1.54, 1.807) is 0 Å². The summed E-state index contributed by atoms with van der Waals surface area (Å²) in [6.07, 6.45) is 20.9. The molecule has 3 rings (SSSR count). The molecular weight excluding hydrogens is 502 g/mol. The molecule has 1 aromatic heterocycles. The Morgan fingerprint density at radius 3 is 1.69 bits per heavy atom. The summed E-state index contributed by atoms with van der Waals surface area (Å²) in [5.74, 6) is 1.79. The maximum atomic E-state index is 5.99. The lowest BCUT2D eigenvalue weighted by atomic mass is 10.1. The van der Waals surface area contributed by atoms with E-state index >= 15 is 0 Å². The molecule has 0 atom stereocenters. The van der Waals surface area contributed by atoms with Gasteiger partial charge in [-0.1, -0.05) is 115 Å². The lowest BCUT2D eigenvalue weighted by Crippen LogP contribution is -1.97. The van der Waals surface area contributed by atoms with Crippen LogP contribution in [0.15, 0.2) is 52.7 Å². The maximum absolute atomic E-state index is 5.99. The van der Waals surface area contributed by atoms with Gasteiger partial charge in [-0.25, -0.2) is 4.98 Å². The first kappa shape index (κ1) is 31.1. The van der Waals surface area contributed by atoms with Crippen molar-refractivity contribution in [2.45, 2.75) is 117 Å². The summed E-state index contributed by atoms with van der Waals surface area (Å²) >= 11 is 1.54. The van der Waals surface area contributed by atoms with E-state index in [1.807, 2.05) is 36.4 Å². The predicted octanol–water partition coefficient (Wildman–Crippen LogP) is 11.8. The molecule has 3 aromatic rings. The Morgan fingerprint density at radius 1 is 0.590 bits per heavy atom. The molecule has 0 spiro atoms. The van der Waals surface area contributed by atoms with Crippen LogP contribution >= 0.6 is 11.3 Å². The fraction of sp³-hybridized carbons (Fsp3) is 0.606. The van der Waals surface area contributed by atoms with E-state index in [-0.39, 0.29) is 0 Å². The highest BCUT2D eigenvalue weighted by Gasteiger charge is 2.05. The molecule has 0 fully saturated rings. The van der Waals surface area contributed by atoms with E-state index in [4.69, 9.17) is 9.47 Å². The Hall–Kier alpha value is -2.47. The van der Waals surface area contributed by atoms with Crippen LogP contribution < -0.4 is 9.47 Å². The topological polar surface area (TPSA) is 56.1 Å². The van der Waals surface area contributed by atoms with Crippen molar-refractivity contribution in [1.29, 1.82) is 0 Å².